The van der Waals surface area contributed by atoms with Crippen molar-refractivity contribution in [2.75, 3.05) is 19.8 Å². The quantitative estimate of drug-likeness (QED) is 0.0558. The van der Waals surface area contributed by atoms with Gasteiger partial charge in [0.2, 0.25) is 0 Å². The van der Waals surface area contributed by atoms with Gasteiger partial charge in [-0.15, -0.1) is 0 Å². The molecule has 2 aromatic carbocycles. The van der Waals surface area contributed by atoms with Gasteiger partial charge < -0.3 is 42.6 Å². The molecule has 0 heterocycles. The summed E-state index contributed by atoms with van der Waals surface area (Å²) < 4.78 is 46.7. The van der Waals surface area contributed by atoms with Crippen molar-refractivity contribution in [3.63, 3.8) is 0 Å². The van der Waals surface area contributed by atoms with Crippen molar-refractivity contribution in [2.24, 2.45) is 0 Å². The van der Waals surface area contributed by atoms with Crippen LogP contribution in [0.5, 0.6) is 17.2 Å². The van der Waals surface area contributed by atoms with Crippen LogP contribution in [0.15, 0.2) is 42.5 Å². The predicted molar refractivity (Wildman–Crippen MR) is 189 cm³/mol. The van der Waals surface area contributed by atoms with Gasteiger partial charge in [-0.05, 0) is 56.2 Å². The number of hydrogen-bond acceptors (Lipinski definition) is 15. The van der Waals surface area contributed by atoms with Crippen LogP contribution in [0, 0.1) is 0 Å². The van der Waals surface area contributed by atoms with Gasteiger partial charge >= 0.3 is 36.4 Å². The summed E-state index contributed by atoms with van der Waals surface area (Å²) in [4.78, 5) is 71.3. The fourth-order valence-corrected chi connectivity index (χ4v) is 4.00. The molecule has 53 heavy (non-hydrogen) atoms. The molecule has 0 radical (unpaired) electrons. The average Bonchev–Trinajstić information content (AvgIpc) is 3.10. The summed E-state index contributed by atoms with van der Waals surface area (Å²) in [6.45, 7) is 10.2. The molecule has 0 saturated carbocycles. The van der Waals surface area contributed by atoms with E-state index in [4.69, 9.17) is 42.6 Å². The molecule has 0 aliphatic carbocycles. The van der Waals surface area contributed by atoms with Crippen LogP contribution in [0.2, 0.25) is 0 Å². The van der Waals surface area contributed by atoms with E-state index in [1.807, 2.05) is 0 Å². The van der Waals surface area contributed by atoms with Crippen molar-refractivity contribution >= 4 is 48.5 Å². The van der Waals surface area contributed by atoms with Crippen LogP contribution < -0.4 is 14.2 Å². The molecule has 290 valence electrons. The average molecular weight is 745 g/mol. The third-order valence-electron chi connectivity index (χ3n) is 6.97. The summed E-state index contributed by atoms with van der Waals surface area (Å²) in [7, 11) is 0. The molecule has 0 bridgehead atoms. The molecule has 0 fully saturated rings. The second-order valence-electron chi connectivity index (χ2n) is 11.6. The number of rotatable bonds is 20. The third kappa shape index (κ3) is 19.0. The van der Waals surface area contributed by atoms with E-state index >= 15 is 0 Å². The molecule has 2 rings (SSSR count). The van der Waals surface area contributed by atoms with E-state index < -0.39 is 36.8 Å². The van der Waals surface area contributed by atoms with Gasteiger partial charge in [-0.3, -0.25) is 14.4 Å². The molecule has 0 amide bonds. The Labute approximate surface area is 308 Å². The van der Waals surface area contributed by atoms with Gasteiger partial charge in [0, 0.05) is 44.6 Å². The summed E-state index contributed by atoms with van der Waals surface area (Å²) >= 11 is 0. The van der Waals surface area contributed by atoms with Crippen molar-refractivity contribution in [1.29, 1.82) is 0 Å². The number of esters is 3. The SMILES string of the molecule is CCC(=O)OCCC(C)OC(=O)Oc1ccc(/C=C/c2cc(OC(=O)OC(C)CCOC(=O)CC)cc(OC(=O)OC(C)CCOC(=O)CC)c2)cc1. The van der Waals surface area contributed by atoms with E-state index in [1.54, 1.807) is 78.0 Å². The van der Waals surface area contributed by atoms with Gasteiger partial charge in [-0.25, -0.2) is 14.4 Å². The molecule has 3 unspecified atom stereocenters. The minimum Gasteiger partial charge on any atom is -0.466 e. The van der Waals surface area contributed by atoms with Crippen LogP contribution in [0.3, 0.4) is 0 Å². The van der Waals surface area contributed by atoms with Crippen molar-refractivity contribution in [1.82, 2.24) is 0 Å². The van der Waals surface area contributed by atoms with Gasteiger partial charge in [0.05, 0.1) is 19.8 Å². The molecule has 2 aromatic rings. The van der Waals surface area contributed by atoms with Gasteiger partial charge in [0.25, 0.3) is 0 Å². The van der Waals surface area contributed by atoms with E-state index in [0.29, 0.717) is 17.5 Å². The van der Waals surface area contributed by atoms with E-state index in [2.05, 4.69) is 0 Å². The third-order valence-corrected chi connectivity index (χ3v) is 6.97. The first-order chi connectivity index (χ1) is 25.3. The van der Waals surface area contributed by atoms with Crippen molar-refractivity contribution in [2.45, 2.75) is 98.4 Å². The van der Waals surface area contributed by atoms with Crippen LogP contribution in [0.1, 0.15) is 91.2 Å². The second-order valence-corrected chi connectivity index (χ2v) is 11.6. The number of hydrogen-bond donors (Lipinski definition) is 0. The first-order valence-corrected chi connectivity index (χ1v) is 17.4. The number of carbonyl (C=O) groups excluding carboxylic acids is 6. The highest BCUT2D eigenvalue weighted by Gasteiger charge is 2.17. The molecule has 0 aliphatic rings. The number of ether oxygens (including phenoxy) is 9. The molecule has 0 N–H and O–H groups in total. The molecule has 0 aliphatic heterocycles. The van der Waals surface area contributed by atoms with Crippen molar-refractivity contribution in [3.05, 3.63) is 53.6 Å². The highest BCUT2D eigenvalue weighted by Crippen LogP contribution is 2.26. The van der Waals surface area contributed by atoms with Crippen LogP contribution in [0.25, 0.3) is 12.2 Å². The molecule has 3 atom stereocenters. The molecule has 15 nitrogen and oxygen atoms in total. The van der Waals surface area contributed by atoms with E-state index in [1.165, 1.54) is 18.2 Å². The zero-order chi connectivity index (χ0) is 39.2. The van der Waals surface area contributed by atoms with E-state index in [0.717, 1.165) is 0 Å². The van der Waals surface area contributed by atoms with Crippen LogP contribution >= 0.6 is 0 Å². The summed E-state index contributed by atoms with van der Waals surface area (Å²) in [6, 6.07) is 10.8. The maximum absolute atomic E-state index is 12.6. The summed E-state index contributed by atoms with van der Waals surface area (Å²) in [5, 5.41) is 0. The van der Waals surface area contributed by atoms with Gasteiger partial charge in [-0.2, -0.15) is 0 Å². The van der Waals surface area contributed by atoms with Crippen LogP contribution in [-0.2, 0) is 42.8 Å². The Morgan fingerprint density at radius 3 is 1.19 bits per heavy atom. The Balaban J connectivity index is 2.10. The summed E-state index contributed by atoms with van der Waals surface area (Å²) in [6.07, 6.45) is 0.125. The molecule has 0 aromatic heterocycles. The van der Waals surface area contributed by atoms with Crippen LogP contribution in [-0.4, -0.2) is 74.5 Å². The zero-order valence-corrected chi connectivity index (χ0v) is 30.9. The Bertz CT molecular complexity index is 1470. The predicted octanol–water partition coefficient (Wildman–Crippen LogP) is 7.60. The van der Waals surface area contributed by atoms with Gasteiger partial charge in [0.1, 0.15) is 35.6 Å². The monoisotopic (exact) mass is 744 g/mol. The fourth-order valence-electron chi connectivity index (χ4n) is 4.00. The van der Waals surface area contributed by atoms with E-state index in [-0.39, 0.29) is 87.1 Å². The molecular weight excluding hydrogens is 696 g/mol. The lowest BCUT2D eigenvalue weighted by Gasteiger charge is -2.15. The lowest BCUT2D eigenvalue weighted by molar-refractivity contribution is -0.144. The Morgan fingerprint density at radius 1 is 0.491 bits per heavy atom. The lowest BCUT2D eigenvalue weighted by atomic mass is 10.1. The molecule has 0 spiro atoms. The van der Waals surface area contributed by atoms with E-state index in [9.17, 15) is 28.8 Å². The van der Waals surface area contributed by atoms with Crippen molar-refractivity contribution < 1.29 is 71.4 Å². The maximum atomic E-state index is 12.6. The Hall–Kier alpha value is -5.60. The topological polar surface area (TPSA) is 185 Å². The minimum absolute atomic E-state index is 0.0101. The summed E-state index contributed by atoms with van der Waals surface area (Å²) in [5.74, 6) is -0.867. The standard InChI is InChI=1S/C38H48O15/c1-7-33(39)45-19-16-25(4)48-36(42)51-30-14-12-28(13-15-30)10-11-29-22-31(52-37(43)49-26(5)17-20-46-34(40)8-2)24-32(23-29)53-38(44)50-27(6)18-21-47-35(41)9-3/h10-15,22-27H,7-9,16-21H2,1-6H3/b11-10+. The van der Waals surface area contributed by atoms with Gasteiger partial charge in [0.15, 0.2) is 0 Å². The van der Waals surface area contributed by atoms with Crippen molar-refractivity contribution in [3.8, 4) is 17.2 Å². The first-order valence-electron chi connectivity index (χ1n) is 17.4. The number of benzene rings is 2. The normalized spacial score (nSPS) is 12.4. The minimum atomic E-state index is -1.03. The van der Waals surface area contributed by atoms with Crippen LogP contribution in [0.4, 0.5) is 14.4 Å². The Kier molecular flexibility index (Phi) is 19.6. The zero-order valence-electron chi connectivity index (χ0n) is 30.9. The number of carbonyl (C=O) groups is 6. The Morgan fingerprint density at radius 2 is 0.830 bits per heavy atom. The van der Waals surface area contributed by atoms with Gasteiger partial charge in [-0.1, -0.05) is 45.1 Å². The smallest absolute Gasteiger partial charge is 0.466 e. The lowest BCUT2D eigenvalue weighted by Crippen LogP contribution is -2.21. The highest BCUT2D eigenvalue weighted by atomic mass is 16.7. The molecular formula is C38H48O15. The molecule has 0 saturated heterocycles. The largest absolute Gasteiger partial charge is 0.514 e. The summed E-state index contributed by atoms with van der Waals surface area (Å²) in [5.41, 5.74) is 1.15. The highest BCUT2D eigenvalue weighted by molar-refractivity contribution is 5.74. The molecule has 15 heteroatoms. The maximum Gasteiger partial charge on any atom is 0.514 e. The first kappa shape index (κ1) is 43.6. The second kappa shape index (κ2) is 23.8. The fraction of sp³-hybridized carbons (Fsp3) is 0.474.